The summed E-state index contributed by atoms with van der Waals surface area (Å²) in [4.78, 5) is 20.0. The molecule has 0 saturated heterocycles. The molecule has 104 valence electrons. The average Bonchev–Trinajstić information content (AvgIpc) is 2.46. The number of hydrogen-bond acceptors (Lipinski definition) is 4. The predicted molar refractivity (Wildman–Crippen MR) is 75.5 cm³/mol. The highest BCUT2D eigenvalue weighted by Gasteiger charge is 2.22. The third kappa shape index (κ3) is 3.12. The minimum atomic E-state index is -0.389. The van der Waals surface area contributed by atoms with Crippen LogP contribution in [0.3, 0.4) is 0 Å². The van der Waals surface area contributed by atoms with Gasteiger partial charge < -0.3 is 10.4 Å². The number of hydrogen-bond donors (Lipinski definition) is 2. The van der Waals surface area contributed by atoms with Crippen molar-refractivity contribution in [1.82, 2.24) is 15.3 Å². The van der Waals surface area contributed by atoms with Crippen molar-refractivity contribution in [2.75, 3.05) is 6.54 Å². The Morgan fingerprint density at radius 2 is 2.05 bits per heavy atom. The molecular formula is C15H17N3O2. The molecule has 2 rings (SSSR count). The molecule has 0 fully saturated rings. The average molecular weight is 271 g/mol. The largest absolute Gasteiger partial charge is 0.505 e. The van der Waals surface area contributed by atoms with Crippen molar-refractivity contribution in [2.45, 2.75) is 19.3 Å². The monoisotopic (exact) mass is 271 g/mol. The van der Waals surface area contributed by atoms with Crippen molar-refractivity contribution < 1.29 is 9.90 Å². The van der Waals surface area contributed by atoms with E-state index in [1.807, 2.05) is 26.0 Å². The van der Waals surface area contributed by atoms with Gasteiger partial charge in [-0.05, 0) is 23.8 Å². The summed E-state index contributed by atoms with van der Waals surface area (Å²) in [5, 5.41) is 12.4. The molecule has 0 aliphatic heterocycles. The first kappa shape index (κ1) is 14.0. The van der Waals surface area contributed by atoms with Gasteiger partial charge in [-0.15, -0.1) is 0 Å². The lowest BCUT2D eigenvalue weighted by Crippen LogP contribution is -2.37. The zero-order chi connectivity index (χ0) is 14.6. The molecule has 0 radical (unpaired) electrons. The van der Waals surface area contributed by atoms with Crippen molar-refractivity contribution in [1.29, 1.82) is 0 Å². The SMILES string of the molecule is CC(C)(CNC(=O)c1ncccc1O)c1cccnc1. The summed E-state index contributed by atoms with van der Waals surface area (Å²) in [6.45, 7) is 4.46. The first-order valence-electron chi connectivity index (χ1n) is 6.33. The number of aromatic nitrogens is 2. The quantitative estimate of drug-likeness (QED) is 0.890. The van der Waals surface area contributed by atoms with Crippen molar-refractivity contribution in [3.8, 4) is 5.75 Å². The first-order valence-corrected chi connectivity index (χ1v) is 6.33. The third-order valence-corrected chi connectivity index (χ3v) is 3.14. The summed E-state index contributed by atoms with van der Waals surface area (Å²) in [5.74, 6) is -0.510. The fourth-order valence-corrected chi connectivity index (χ4v) is 1.82. The molecule has 5 nitrogen and oxygen atoms in total. The summed E-state index contributed by atoms with van der Waals surface area (Å²) in [6.07, 6.45) is 4.97. The van der Waals surface area contributed by atoms with E-state index >= 15 is 0 Å². The van der Waals surface area contributed by atoms with Gasteiger partial charge in [0.15, 0.2) is 5.69 Å². The molecule has 0 aliphatic rings. The second kappa shape index (κ2) is 5.69. The van der Waals surface area contributed by atoms with Crippen LogP contribution in [0.15, 0.2) is 42.9 Å². The Morgan fingerprint density at radius 3 is 2.70 bits per heavy atom. The van der Waals surface area contributed by atoms with Crippen LogP contribution in [0.25, 0.3) is 0 Å². The molecule has 0 aromatic carbocycles. The molecule has 1 amide bonds. The van der Waals surface area contributed by atoms with E-state index in [1.165, 1.54) is 12.3 Å². The Hall–Kier alpha value is -2.43. The molecule has 5 heteroatoms. The predicted octanol–water partition coefficient (Wildman–Crippen LogP) is 1.89. The van der Waals surface area contributed by atoms with E-state index in [-0.39, 0.29) is 22.8 Å². The second-order valence-corrected chi connectivity index (χ2v) is 5.18. The minimum Gasteiger partial charge on any atom is -0.505 e. The number of pyridine rings is 2. The molecule has 0 saturated carbocycles. The number of aromatic hydroxyl groups is 1. The van der Waals surface area contributed by atoms with E-state index in [4.69, 9.17) is 0 Å². The molecule has 0 spiro atoms. The van der Waals surface area contributed by atoms with Crippen LogP contribution < -0.4 is 5.32 Å². The summed E-state index contributed by atoms with van der Waals surface area (Å²) >= 11 is 0. The van der Waals surface area contributed by atoms with E-state index < -0.39 is 0 Å². The maximum absolute atomic E-state index is 12.0. The van der Waals surface area contributed by atoms with E-state index in [0.717, 1.165) is 5.56 Å². The van der Waals surface area contributed by atoms with Crippen LogP contribution in [0, 0.1) is 0 Å². The zero-order valence-corrected chi connectivity index (χ0v) is 11.5. The van der Waals surface area contributed by atoms with Gasteiger partial charge in [0.05, 0.1) is 0 Å². The molecule has 0 aliphatic carbocycles. The maximum Gasteiger partial charge on any atom is 0.273 e. The Bertz CT molecular complexity index is 597. The molecule has 2 aromatic rings. The summed E-state index contributed by atoms with van der Waals surface area (Å²) in [6, 6.07) is 6.85. The number of nitrogens with zero attached hydrogens (tertiary/aromatic N) is 2. The van der Waals surface area contributed by atoms with Gasteiger partial charge >= 0.3 is 0 Å². The Balaban J connectivity index is 2.05. The molecule has 0 atom stereocenters. The fourth-order valence-electron chi connectivity index (χ4n) is 1.82. The topological polar surface area (TPSA) is 75.1 Å². The van der Waals surface area contributed by atoms with E-state index in [1.54, 1.807) is 18.5 Å². The molecule has 0 unspecified atom stereocenters. The Morgan fingerprint density at radius 1 is 1.30 bits per heavy atom. The Labute approximate surface area is 117 Å². The fraction of sp³-hybridized carbons (Fsp3) is 0.267. The van der Waals surface area contributed by atoms with Gasteiger partial charge in [-0.25, -0.2) is 4.98 Å². The second-order valence-electron chi connectivity index (χ2n) is 5.18. The van der Waals surface area contributed by atoms with Crippen molar-refractivity contribution in [3.05, 3.63) is 54.1 Å². The van der Waals surface area contributed by atoms with E-state index in [0.29, 0.717) is 6.54 Å². The number of amides is 1. The highest BCUT2D eigenvalue weighted by atomic mass is 16.3. The summed E-state index contributed by atoms with van der Waals surface area (Å²) in [5.41, 5.74) is 0.814. The smallest absolute Gasteiger partial charge is 0.273 e. The van der Waals surface area contributed by atoms with Gasteiger partial charge in [-0.1, -0.05) is 19.9 Å². The number of carbonyl (C=O) groups excluding carboxylic acids is 1. The lowest BCUT2D eigenvalue weighted by Gasteiger charge is -2.25. The van der Waals surface area contributed by atoms with Crippen LogP contribution in [0.4, 0.5) is 0 Å². The van der Waals surface area contributed by atoms with Gasteiger partial charge in [0.2, 0.25) is 0 Å². The standard InChI is InChI=1S/C15H17N3O2/c1-15(2,11-5-3-7-16-9-11)10-18-14(20)13-12(19)6-4-8-17-13/h3-9,19H,10H2,1-2H3,(H,18,20). The lowest BCUT2D eigenvalue weighted by atomic mass is 9.85. The molecule has 20 heavy (non-hydrogen) atoms. The van der Waals surface area contributed by atoms with Crippen LogP contribution in [0.1, 0.15) is 29.9 Å². The van der Waals surface area contributed by atoms with Crippen LogP contribution in [0.5, 0.6) is 5.75 Å². The first-order chi connectivity index (χ1) is 9.50. The van der Waals surface area contributed by atoms with Crippen molar-refractivity contribution >= 4 is 5.91 Å². The third-order valence-electron chi connectivity index (χ3n) is 3.14. The Kier molecular flexibility index (Phi) is 3.98. The molecular weight excluding hydrogens is 254 g/mol. The summed E-state index contributed by atoms with van der Waals surface area (Å²) < 4.78 is 0. The van der Waals surface area contributed by atoms with Gasteiger partial charge in [0, 0.05) is 30.6 Å². The van der Waals surface area contributed by atoms with Crippen molar-refractivity contribution in [3.63, 3.8) is 0 Å². The van der Waals surface area contributed by atoms with E-state index in [9.17, 15) is 9.90 Å². The molecule has 2 heterocycles. The highest BCUT2D eigenvalue weighted by Crippen LogP contribution is 2.21. The van der Waals surface area contributed by atoms with Gasteiger partial charge in [-0.3, -0.25) is 9.78 Å². The molecule has 0 bridgehead atoms. The normalized spacial score (nSPS) is 11.1. The van der Waals surface area contributed by atoms with Crippen molar-refractivity contribution in [2.24, 2.45) is 0 Å². The van der Waals surface area contributed by atoms with Gasteiger partial charge in [-0.2, -0.15) is 0 Å². The molecule has 2 N–H and O–H groups in total. The molecule has 2 aromatic heterocycles. The van der Waals surface area contributed by atoms with Crippen LogP contribution >= 0.6 is 0 Å². The highest BCUT2D eigenvalue weighted by molar-refractivity contribution is 5.94. The van der Waals surface area contributed by atoms with Gasteiger partial charge in [0.25, 0.3) is 5.91 Å². The van der Waals surface area contributed by atoms with Gasteiger partial charge in [0.1, 0.15) is 5.75 Å². The minimum absolute atomic E-state index is 0.0366. The maximum atomic E-state index is 12.0. The zero-order valence-electron chi connectivity index (χ0n) is 11.5. The van der Waals surface area contributed by atoms with Crippen LogP contribution in [-0.2, 0) is 5.41 Å². The number of rotatable bonds is 4. The van der Waals surface area contributed by atoms with Crippen LogP contribution in [0.2, 0.25) is 0 Å². The summed E-state index contributed by atoms with van der Waals surface area (Å²) in [7, 11) is 0. The number of nitrogens with one attached hydrogen (secondary N) is 1. The lowest BCUT2D eigenvalue weighted by molar-refractivity contribution is 0.0937. The number of carbonyl (C=O) groups is 1. The van der Waals surface area contributed by atoms with E-state index in [2.05, 4.69) is 15.3 Å². The van der Waals surface area contributed by atoms with Crippen LogP contribution in [-0.4, -0.2) is 27.5 Å².